The van der Waals surface area contributed by atoms with E-state index in [-0.39, 0.29) is 0 Å². The average Bonchev–Trinajstić information content (AvgIpc) is 3.04. The van der Waals surface area contributed by atoms with E-state index in [1.165, 1.54) is 87.2 Å². The predicted octanol–water partition coefficient (Wildman–Crippen LogP) is 11.7. The minimum Gasteiger partial charge on any atom is -0.0985 e. The Bertz CT molecular complexity index is 2240. The second-order valence-electron chi connectivity index (χ2n) is 11.0. The Morgan fingerprint density at radius 1 is 0.390 bits per heavy atom. The number of rotatable bonds is 3. The zero-order chi connectivity index (χ0) is 27.5. The van der Waals surface area contributed by atoms with E-state index in [0.29, 0.717) is 0 Å². The average molecular weight is 521 g/mol. The lowest BCUT2D eigenvalue weighted by Crippen LogP contribution is -1.92. The van der Waals surface area contributed by atoms with Crippen molar-refractivity contribution in [2.45, 2.75) is 6.92 Å². The highest BCUT2D eigenvalue weighted by Gasteiger charge is 2.18. The molecule has 0 bridgehead atoms. The van der Waals surface area contributed by atoms with Gasteiger partial charge in [-0.1, -0.05) is 134 Å². The smallest absolute Gasteiger partial charge is 0.00261 e. The molecule has 0 amide bonds. The molecule has 0 nitrogen and oxygen atoms in total. The van der Waals surface area contributed by atoms with Crippen LogP contribution >= 0.6 is 0 Å². The SMILES string of the molecule is C=Cc1cc(-c2c3ccccc3c(-c3ccc4c5ccccc5c5ccccc5c4c3)c3ccccc23)ccc1C. The maximum Gasteiger partial charge on any atom is -0.00261 e. The summed E-state index contributed by atoms with van der Waals surface area (Å²) in [6.45, 7) is 6.22. The molecule has 8 rings (SSSR count). The first-order valence-electron chi connectivity index (χ1n) is 14.2. The van der Waals surface area contributed by atoms with Gasteiger partial charge in [0.1, 0.15) is 0 Å². The summed E-state index contributed by atoms with van der Waals surface area (Å²) in [4.78, 5) is 0. The van der Waals surface area contributed by atoms with Gasteiger partial charge >= 0.3 is 0 Å². The first kappa shape index (κ1) is 23.7. The number of fused-ring (bicyclic) bond motifs is 8. The Kier molecular flexibility index (Phi) is 5.30. The Morgan fingerprint density at radius 2 is 0.756 bits per heavy atom. The van der Waals surface area contributed by atoms with E-state index < -0.39 is 0 Å². The van der Waals surface area contributed by atoms with Crippen LogP contribution < -0.4 is 0 Å². The fourth-order valence-corrected chi connectivity index (χ4v) is 6.83. The quantitative estimate of drug-likeness (QED) is 0.160. The molecular formula is C41H28. The molecule has 0 heterocycles. The summed E-state index contributed by atoms with van der Waals surface area (Å²) in [7, 11) is 0. The minimum absolute atomic E-state index is 1.17. The largest absolute Gasteiger partial charge is 0.0985 e. The van der Waals surface area contributed by atoms with Crippen LogP contribution in [-0.4, -0.2) is 0 Å². The zero-order valence-corrected chi connectivity index (χ0v) is 23.0. The first-order valence-corrected chi connectivity index (χ1v) is 14.2. The number of benzene rings is 8. The number of aryl methyl sites for hydroxylation is 1. The molecule has 0 aliphatic heterocycles. The van der Waals surface area contributed by atoms with Gasteiger partial charge in [-0.15, -0.1) is 0 Å². The summed E-state index contributed by atoms with van der Waals surface area (Å²) in [5, 5.41) is 12.9. The second kappa shape index (κ2) is 9.18. The van der Waals surface area contributed by atoms with Gasteiger partial charge in [-0.2, -0.15) is 0 Å². The van der Waals surface area contributed by atoms with E-state index in [4.69, 9.17) is 0 Å². The second-order valence-corrected chi connectivity index (χ2v) is 11.0. The maximum absolute atomic E-state index is 4.07. The van der Waals surface area contributed by atoms with Crippen LogP contribution in [0.5, 0.6) is 0 Å². The molecular weight excluding hydrogens is 492 g/mol. The molecule has 0 atom stereocenters. The first-order chi connectivity index (χ1) is 20.2. The van der Waals surface area contributed by atoms with E-state index >= 15 is 0 Å². The third kappa shape index (κ3) is 3.54. The van der Waals surface area contributed by atoms with Crippen LogP contribution in [0.2, 0.25) is 0 Å². The van der Waals surface area contributed by atoms with Gasteiger partial charge in [0, 0.05) is 0 Å². The van der Waals surface area contributed by atoms with Crippen LogP contribution in [-0.2, 0) is 0 Å². The Morgan fingerprint density at radius 3 is 1.22 bits per heavy atom. The van der Waals surface area contributed by atoms with Gasteiger partial charge in [-0.05, 0) is 106 Å². The van der Waals surface area contributed by atoms with Crippen molar-refractivity contribution in [3.8, 4) is 22.3 Å². The fourth-order valence-electron chi connectivity index (χ4n) is 6.83. The van der Waals surface area contributed by atoms with Gasteiger partial charge in [-0.25, -0.2) is 0 Å². The van der Waals surface area contributed by atoms with Crippen LogP contribution in [0.25, 0.3) is 82.2 Å². The molecule has 41 heavy (non-hydrogen) atoms. The highest BCUT2D eigenvalue weighted by molar-refractivity contribution is 6.27. The minimum atomic E-state index is 1.17. The summed E-state index contributed by atoms with van der Waals surface area (Å²) >= 11 is 0. The van der Waals surface area contributed by atoms with Crippen molar-refractivity contribution in [1.29, 1.82) is 0 Å². The van der Waals surface area contributed by atoms with Crippen LogP contribution in [0.4, 0.5) is 0 Å². The summed E-state index contributed by atoms with van der Waals surface area (Å²) < 4.78 is 0. The van der Waals surface area contributed by atoms with E-state index in [0.717, 1.165) is 0 Å². The molecule has 0 saturated heterocycles. The molecule has 0 aliphatic carbocycles. The van der Waals surface area contributed by atoms with Crippen LogP contribution in [0, 0.1) is 6.92 Å². The molecule has 0 spiro atoms. The Labute approximate surface area is 239 Å². The van der Waals surface area contributed by atoms with Crippen molar-refractivity contribution in [1.82, 2.24) is 0 Å². The third-order valence-corrected chi connectivity index (χ3v) is 8.75. The van der Waals surface area contributed by atoms with Gasteiger partial charge in [0.05, 0.1) is 0 Å². The van der Waals surface area contributed by atoms with Gasteiger partial charge in [-0.3, -0.25) is 0 Å². The highest BCUT2D eigenvalue weighted by Crippen LogP contribution is 2.45. The summed E-state index contributed by atoms with van der Waals surface area (Å²) in [6, 6.07) is 49.2. The lowest BCUT2D eigenvalue weighted by Gasteiger charge is -2.19. The molecule has 0 radical (unpaired) electrons. The van der Waals surface area contributed by atoms with Gasteiger partial charge < -0.3 is 0 Å². The van der Waals surface area contributed by atoms with Crippen molar-refractivity contribution >= 4 is 59.9 Å². The standard InChI is InChI=1S/C41H28/c1-3-27-24-28(21-20-26(27)2)40-35-16-8-10-18-37(35)41(38-19-11-9-17-36(38)40)29-22-23-34-32-14-5-4-12-30(32)31-13-6-7-15-33(31)39(34)25-29/h3-25H,1H2,2H3. The molecule has 8 aromatic rings. The summed E-state index contributed by atoms with van der Waals surface area (Å²) in [5.74, 6) is 0. The van der Waals surface area contributed by atoms with Crippen molar-refractivity contribution in [2.24, 2.45) is 0 Å². The molecule has 0 unspecified atom stereocenters. The van der Waals surface area contributed by atoms with E-state index in [1.807, 2.05) is 6.08 Å². The normalized spacial score (nSPS) is 11.6. The van der Waals surface area contributed by atoms with Gasteiger partial charge in [0.25, 0.3) is 0 Å². The van der Waals surface area contributed by atoms with Gasteiger partial charge in [0.2, 0.25) is 0 Å². The number of hydrogen-bond donors (Lipinski definition) is 0. The van der Waals surface area contributed by atoms with E-state index in [1.54, 1.807) is 0 Å². The molecule has 0 fully saturated rings. The number of hydrogen-bond acceptors (Lipinski definition) is 0. The van der Waals surface area contributed by atoms with Crippen molar-refractivity contribution < 1.29 is 0 Å². The molecule has 0 aliphatic rings. The monoisotopic (exact) mass is 520 g/mol. The third-order valence-electron chi connectivity index (χ3n) is 8.75. The summed E-state index contributed by atoms with van der Waals surface area (Å²) in [6.07, 6.45) is 1.96. The van der Waals surface area contributed by atoms with Crippen LogP contribution in [0.1, 0.15) is 11.1 Å². The molecule has 0 heteroatoms. The Balaban J connectivity index is 1.50. The van der Waals surface area contributed by atoms with Crippen molar-refractivity contribution in [2.75, 3.05) is 0 Å². The molecule has 192 valence electrons. The molecule has 0 aromatic heterocycles. The van der Waals surface area contributed by atoms with Crippen LogP contribution in [0.3, 0.4) is 0 Å². The highest BCUT2D eigenvalue weighted by atomic mass is 14.2. The lowest BCUT2D eigenvalue weighted by molar-refractivity contribution is 1.45. The topological polar surface area (TPSA) is 0 Å². The van der Waals surface area contributed by atoms with Crippen molar-refractivity contribution in [3.63, 3.8) is 0 Å². The van der Waals surface area contributed by atoms with Gasteiger partial charge in [0.15, 0.2) is 0 Å². The fraction of sp³-hybridized carbons (Fsp3) is 0.0244. The van der Waals surface area contributed by atoms with E-state index in [9.17, 15) is 0 Å². The predicted molar refractivity (Wildman–Crippen MR) is 180 cm³/mol. The maximum atomic E-state index is 4.07. The molecule has 8 aromatic carbocycles. The molecule has 0 N–H and O–H groups in total. The Hall–Kier alpha value is -5.20. The van der Waals surface area contributed by atoms with Crippen molar-refractivity contribution in [3.05, 3.63) is 151 Å². The summed E-state index contributed by atoms with van der Waals surface area (Å²) in [5.41, 5.74) is 7.45. The lowest BCUT2D eigenvalue weighted by atomic mass is 9.84. The van der Waals surface area contributed by atoms with Crippen LogP contribution in [0.15, 0.2) is 140 Å². The molecule has 0 saturated carbocycles. The zero-order valence-electron chi connectivity index (χ0n) is 23.0. The van der Waals surface area contributed by atoms with E-state index in [2.05, 4.69) is 147 Å².